The van der Waals surface area contributed by atoms with Crippen LogP contribution in [0, 0.1) is 13.8 Å². The molecule has 3 aromatic rings. The highest BCUT2D eigenvalue weighted by Crippen LogP contribution is 2.24. The number of aryl methyl sites for hydroxylation is 2. The van der Waals surface area contributed by atoms with Gasteiger partial charge in [0.25, 0.3) is 5.91 Å². The molecule has 2 heterocycles. The number of carbonyl (C=O) groups is 1. The van der Waals surface area contributed by atoms with E-state index < -0.39 is 0 Å². The lowest BCUT2D eigenvalue weighted by Gasteiger charge is -2.11. The maximum atomic E-state index is 12.7. The van der Waals surface area contributed by atoms with E-state index in [1.54, 1.807) is 30.2 Å². The zero-order chi connectivity index (χ0) is 18.5. The smallest absolute Gasteiger partial charge is 0.270 e. The van der Waals surface area contributed by atoms with E-state index in [4.69, 9.17) is 9.15 Å². The maximum absolute atomic E-state index is 12.7. The van der Waals surface area contributed by atoms with Crippen LogP contribution in [0.15, 0.2) is 47.1 Å². The first-order chi connectivity index (χ1) is 12.6. The van der Waals surface area contributed by atoms with Crippen molar-refractivity contribution in [1.82, 2.24) is 15.1 Å². The van der Waals surface area contributed by atoms with Gasteiger partial charge in [-0.2, -0.15) is 5.10 Å². The van der Waals surface area contributed by atoms with Crippen LogP contribution in [0.5, 0.6) is 0 Å². The lowest BCUT2D eigenvalue weighted by atomic mass is 10.1. The Kier molecular flexibility index (Phi) is 5.53. The second-order valence-electron chi connectivity index (χ2n) is 6.20. The van der Waals surface area contributed by atoms with Crippen molar-refractivity contribution in [2.24, 2.45) is 0 Å². The van der Waals surface area contributed by atoms with Gasteiger partial charge >= 0.3 is 0 Å². The number of nitrogens with one attached hydrogen (secondary N) is 1. The molecule has 1 N–H and O–H groups in total. The third-order valence-electron chi connectivity index (χ3n) is 4.12. The summed E-state index contributed by atoms with van der Waals surface area (Å²) in [6, 6.07) is 11.5. The number of methoxy groups -OCH3 is 1. The summed E-state index contributed by atoms with van der Waals surface area (Å²) in [5.74, 6) is 0.454. The molecule has 0 atom stereocenters. The van der Waals surface area contributed by atoms with Gasteiger partial charge < -0.3 is 14.5 Å². The van der Waals surface area contributed by atoms with Gasteiger partial charge in [0.1, 0.15) is 11.4 Å². The van der Waals surface area contributed by atoms with Crippen LogP contribution < -0.4 is 5.32 Å². The van der Waals surface area contributed by atoms with Gasteiger partial charge in [-0.15, -0.1) is 0 Å². The summed E-state index contributed by atoms with van der Waals surface area (Å²) in [6.45, 7) is 5.17. The minimum Gasteiger partial charge on any atom is -0.463 e. The van der Waals surface area contributed by atoms with E-state index in [0.29, 0.717) is 30.3 Å². The molecule has 0 saturated carbocycles. The number of carbonyl (C=O) groups excluding carboxylic acids is 1. The van der Waals surface area contributed by atoms with Crippen molar-refractivity contribution < 1.29 is 13.9 Å². The van der Waals surface area contributed by atoms with Crippen LogP contribution in [0.4, 0.5) is 0 Å². The van der Waals surface area contributed by atoms with Crippen LogP contribution in [0.1, 0.15) is 28.0 Å². The SMILES string of the molecule is COCCCNC(=O)c1cc(-c2ccco2)nn1-c1cc(C)ccc1C. The van der Waals surface area contributed by atoms with E-state index in [0.717, 1.165) is 23.2 Å². The predicted molar refractivity (Wildman–Crippen MR) is 99.6 cm³/mol. The van der Waals surface area contributed by atoms with Gasteiger partial charge in [0.2, 0.25) is 0 Å². The molecule has 2 aromatic heterocycles. The fourth-order valence-corrected chi connectivity index (χ4v) is 2.73. The molecule has 0 fully saturated rings. The first-order valence-corrected chi connectivity index (χ1v) is 8.59. The Morgan fingerprint density at radius 3 is 2.85 bits per heavy atom. The molecule has 0 unspecified atom stereocenters. The van der Waals surface area contributed by atoms with Crippen LogP contribution in [-0.2, 0) is 4.74 Å². The van der Waals surface area contributed by atoms with Crippen LogP contribution in [0.3, 0.4) is 0 Å². The number of aromatic nitrogens is 2. The van der Waals surface area contributed by atoms with Gasteiger partial charge in [0, 0.05) is 26.3 Å². The van der Waals surface area contributed by atoms with Crippen LogP contribution >= 0.6 is 0 Å². The van der Waals surface area contributed by atoms with Crippen molar-refractivity contribution in [1.29, 1.82) is 0 Å². The third kappa shape index (κ3) is 3.86. The Bertz CT molecular complexity index is 882. The molecule has 0 aliphatic heterocycles. The van der Waals surface area contributed by atoms with Crippen molar-refractivity contribution in [3.05, 3.63) is 59.5 Å². The fraction of sp³-hybridized carbons (Fsp3) is 0.300. The standard InChI is InChI=1S/C20H23N3O3/c1-14-7-8-15(2)17(12-14)23-18(20(24)21-9-5-10-25-3)13-16(22-23)19-6-4-11-26-19/h4,6-8,11-13H,5,9-10H2,1-3H3,(H,21,24). The summed E-state index contributed by atoms with van der Waals surface area (Å²) in [4.78, 5) is 12.7. The Labute approximate surface area is 152 Å². The molecule has 1 amide bonds. The van der Waals surface area contributed by atoms with Gasteiger partial charge in [-0.25, -0.2) is 4.68 Å². The van der Waals surface area contributed by atoms with Gasteiger partial charge in [-0.3, -0.25) is 4.79 Å². The molecular weight excluding hydrogens is 330 g/mol. The molecule has 3 rings (SSSR count). The van der Waals surface area contributed by atoms with E-state index in [1.165, 1.54) is 0 Å². The minimum atomic E-state index is -0.174. The average Bonchev–Trinajstić information content (AvgIpc) is 3.30. The Balaban J connectivity index is 1.98. The summed E-state index contributed by atoms with van der Waals surface area (Å²) in [6.07, 6.45) is 2.35. The number of nitrogens with zero attached hydrogens (tertiary/aromatic N) is 2. The van der Waals surface area contributed by atoms with E-state index in [2.05, 4.69) is 10.4 Å². The van der Waals surface area contributed by atoms with Crippen molar-refractivity contribution in [2.45, 2.75) is 20.3 Å². The molecule has 0 spiro atoms. The molecule has 6 heteroatoms. The Morgan fingerprint density at radius 2 is 2.12 bits per heavy atom. The highest BCUT2D eigenvalue weighted by Gasteiger charge is 2.19. The number of benzene rings is 1. The molecule has 0 aliphatic rings. The Hall–Kier alpha value is -2.86. The highest BCUT2D eigenvalue weighted by atomic mass is 16.5. The molecule has 1 aromatic carbocycles. The highest BCUT2D eigenvalue weighted by molar-refractivity contribution is 5.94. The fourth-order valence-electron chi connectivity index (χ4n) is 2.73. The first-order valence-electron chi connectivity index (χ1n) is 8.59. The lowest BCUT2D eigenvalue weighted by molar-refractivity contribution is 0.0941. The second-order valence-corrected chi connectivity index (χ2v) is 6.20. The van der Waals surface area contributed by atoms with Crippen LogP contribution in [0.2, 0.25) is 0 Å². The van der Waals surface area contributed by atoms with Crippen molar-refractivity contribution in [3.8, 4) is 17.1 Å². The van der Waals surface area contributed by atoms with Gasteiger partial charge in [-0.1, -0.05) is 12.1 Å². The zero-order valence-corrected chi connectivity index (χ0v) is 15.3. The zero-order valence-electron chi connectivity index (χ0n) is 15.3. The molecule has 0 saturated heterocycles. The molecule has 6 nitrogen and oxygen atoms in total. The summed E-state index contributed by atoms with van der Waals surface area (Å²) >= 11 is 0. The van der Waals surface area contributed by atoms with Gasteiger partial charge in [0.15, 0.2) is 5.76 Å². The average molecular weight is 353 g/mol. The quantitative estimate of drug-likeness (QED) is 0.660. The number of rotatable bonds is 7. The molecule has 26 heavy (non-hydrogen) atoms. The monoisotopic (exact) mass is 353 g/mol. The van der Waals surface area contributed by atoms with Crippen molar-refractivity contribution in [2.75, 3.05) is 20.3 Å². The maximum Gasteiger partial charge on any atom is 0.270 e. The molecule has 0 bridgehead atoms. The van der Waals surface area contributed by atoms with Crippen LogP contribution in [-0.4, -0.2) is 35.9 Å². The van der Waals surface area contributed by atoms with Crippen LogP contribution in [0.25, 0.3) is 17.1 Å². The number of ether oxygens (including phenoxy) is 1. The molecule has 0 aliphatic carbocycles. The topological polar surface area (TPSA) is 69.3 Å². The first kappa shape index (κ1) is 17.9. The largest absolute Gasteiger partial charge is 0.463 e. The number of furan rings is 1. The Morgan fingerprint density at radius 1 is 1.27 bits per heavy atom. The molecule has 136 valence electrons. The van der Waals surface area contributed by atoms with E-state index >= 15 is 0 Å². The summed E-state index contributed by atoms with van der Waals surface area (Å²) in [5, 5.41) is 7.55. The number of hydrogen-bond acceptors (Lipinski definition) is 4. The van der Waals surface area contributed by atoms with E-state index in [1.807, 2.05) is 38.1 Å². The third-order valence-corrected chi connectivity index (χ3v) is 4.12. The van der Waals surface area contributed by atoms with E-state index in [9.17, 15) is 4.79 Å². The second kappa shape index (κ2) is 8.01. The van der Waals surface area contributed by atoms with Gasteiger partial charge in [-0.05, 0) is 49.6 Å². The molecular formula is C20H23N3O3. The predicted octanol–water partition coefficient (Wildman–Crippen LogP) is 3.52. The van der Waals surface area contributed by atoms with Crippen molar-refractivity contribution in [3.63, 3.8) is 0 Å². The number of hydrogen-bond donors (Lipinski definition) is 1. The summed E-state index contributed by atoms with van der Waals surface area (Å²) in [5.41, 5.74) is 4.12. The molecule has 0 radical (unpaired) electrons. The lowest BCUT2D eigenvalue weighted by Crippen LogP contribution is -2.27. The van der Waals surface area contributed by atoms with Crippen molar-refractivity contribution >= 4 is 5.91 Å². The summed E-state index contributed by atoms with van der Waals surface area (Å²) in [7, 11) is 1.65. The van der Waals surface area contributed by atoms with Gasteiger partial charge in [0.05, 0.1) is 12.0 Å². The van der Waals surface area contributed by atoms with E-state index in [-0.39, 0.29) is 5.91 Å². The summed E-state index contributed by atoms with van der Waals surface area (Å²) < 4.78 is 12.2. The normalized spacial score (nSPS) is 10.9. The minimum absolute atomic E-state index is 0.174. The number of amides is 1.